The van der Waals surface area contributed by atoms with Gasteiger partial charge in [0.25, 0.3) is 0 Å². The molecule has 5 heteroatoms. The standard InChI is InChI=1S/C12H22O3.C4H6O2/c1-3-5-11(6-8-13)12(9-14,10-15)7-4-2;1-3(2)4(5)6/h3-4,11,13-15H,1-2,5-10H2;1H2,2H3,(H,5,6). The maximum Gasteiger partial charge on any atom is 0.330 e. The lowest BCUT2D eigenvalue weighted by atomic mass is 9.71. The molecule has 0 heterocycles. The van der Waals surface area contributed by atoms with E-state index in [-0.39, 0.29) is 31.3 Å². The number of carboxylic acid groups (broad SMARTS) is 1. The van der Waals surface area contributed by atoms with Crippen LogP contribution in [0.5, 0.6) is 0 Å². The maximum atomic E-state index is 9.60. The van der Waals surface area contributed by atoms with E-state index in [0.717, 1.165) is 0 Å². The van der Waals surface area contributed by atoms with Crippen molar-refractivity contribution in [1.29, 1.82) is 0 Å². The number of allylic oxidation sites excluding steroid dienone is 2. The molecule has 0 aromatic carbocycles. The molecule has 0 aliphatic carbocycles. The Hall–Kier alpha value is -1.43. The Labute approximate surface area is 126 Å². The van der Waals surface area contributed by atoms with Crippen LogP contribution in [0.3, 0.4) is 0 Å². The predicted molar refractivity (Wildman–Crippen MR) is 83.9 cm³/mol. The summed E-state index contributed by atoms with van der Waals surface area (Å²) in [7, 11) is 0. The molecule has 122 valence electrons. The van der Waals surface area contributed by atoms with Gasteiger partial charge in [-0.3, -0.25) is 0 Å². The second-order valence-corrected chi connectivity index (χ2v) is 4.99. The van der Waals surface area contributed by atoms with Gasteiger partial charge < -0.3 is 20.4 Å². The molecule has 0 aliphatic heterocycles. The van der Waals surface area contributed by atoms with Gasteiger partial charge in [-0.25, -0.2) is 4.79 Å². The lowest BCUT2D eigenvalue weighted by Gasteiger charge is -2.36. The van der Waals surface area contributed by atoms with Gasteiger partial charge in [0.1, 0.15) is 0 Å². The maximum absolute atomic E-state index is 9.60. The molecule has 0 saturated carbocycles. The Morgan fingerprint density at radius 3 is 1.90 bits per heavy atom. The van der Waals surface area contributed by atoms with Crippen LogP contribution in [-0.4, -0.2) is 46.2 Å². The Kier molecular flexibility index (Phi) is 12.8. The Balaban J connectivity index is 0. The van der Waals surface area contributed by atoms with E-state index in [1.807, 2.05) is 0 Å². The second kappa shape index (κ2) is 12.3. The van der Waals surface area contributed by atoms with Crippen LogP contribution in [0.4, 0.5) is 0 Å². The van der Waals surface area contributed by atoms with Gasteiger partial charge in [-0.05, 0) is 32.1 Å². The van der Waals surface area contributed by atoms with E-state index in [2.05, 4.69) is 19.7 Å². The zero-order valence-corrected chi connectivity index (χ0v) is 12.8. The van der Waals surface area contributed by atoms with Crippen molar-refractivity contribution in [3.8, 4) is 0 Å². The number of aliphatic hydroxyl groups is 3. The zero-order valence-electron chi connectivity index (χ0n) is 12.8. The smallest absolute Gasteiger partial charge is 0.330 e. The van der Waals surface area contributed by atoms with E-state index in [9.17, 15) is 15.0 Å². The van der Waals surface area contributed by atoms with Gasteiger partial charge in [0.15, 0.2) is 0 Å². The van der Waals surface area contributed by atoms with Gasteiger partial charge in [-0.15, -0.1) is 13.2 Å². The highest BCUT2D eigenvalue weighted by Gasteiger charge is 2.35. The van der Waals surface area contributed by atoms with Crippen molar-refractivity contribution < 1.29 is 25.2 Å². The van der Waals surface area contributed by atoms with Gasteiger partial charge in [0.05, 0.1) is 13.2 Å². The monoisotopic (exact) mass is 300 g/mol. The van der Waals surface area contributed by atoms with E-state index in [4.69, 9.17) is 10.2 Å². The lowest BCUT2D eigenvalue weighted by molar-refractivity contribution is -0.132. The van der Waals surface area contributed by atoms with E-state index in [1.165, 1.54) is 6.92 Å². The molecule has 0 rings (SSSR count). The average molecular weight is 300 g/mol. The summed E-state index contributed by atoms with van der Waals surface area (Å²) in [6.45, 7) is 11.7. The third-order valence-corrected chi connectivity index (χ3v) is 3.34. The van der Waals surface area contributed by atoms with E-state index in [1.54, 1.807) is 12.2 Å². The van der Waals surface area contributed by atoms with Crippen LogP contribution in [0.2, 0.25) is 0 Å². The van der Waals surface area contributed by atoms with Gasteiger partial charge in [0.2, 0.25) is 0 Å². The van der Waals surface area contributed by atoms with Gasteiger partial charge in [-0.2, -0.15) is 0 Å². The first-order chi connectivity index (χ1) is 9.84. The quantitative estimate of drug-likeness (QED) is 0.364. The Morgan fingerprint density at radius 2 is 1.67 bits per heavy atom. The normalized spacial score (nSPS) is 11.8. The highest BCUT2D eigenvalue weighted by atomic mass is 16.4. The van der Waals surface area contributed by atoms with Crippen LogP contribution < -0.4 is 0 Å². The largest absolute Gasteiger partial charge is 0.478 e. The van der Waals surface area contributed by atoms with Crippen molar-refractivity contribution in [1.82, 2.24) is 0 Å². The summed E-state index contributed by atoms with van der Waals surface area (Å²) in [6, 6.07) is 0. The molecule has 0 radical (unpaired) electrons. The fourth-order valence-electron chi connectivity index (χ4n) is 1.92. The molecule has 4 N–H and O–H groups in total. The number of rotatable bonds is 10. The van der Waals surface area contributed by atoms with Crippen LogP contribution in [0.1, 0.15) is 26.2 Å². The molecular formula is C16H28O5. The van der Waals surface area contributed by atoms with E-state index < -0.39 is 11.4 Å². The fraction of sp³-hybridized carbons (Fsp3) is 0.562. The first kappa shape index (κ1) is 21.9. The highest BCUT2D eigenvalue weighted by Crippen LogP contribution is 2.36. The predicted octanol–water partition coefficient (Wildman–Crippen LogP) is 1.76. The molecule has 0 aromatic heterocycles. The summed E-state index contributed by atoms with van der Waals surface area (Å²) in [5.41, 5.74) is -0.409. The van der Waals surface area contributed by atoms with Crippen molar-refractivity contribution in [3.05, 3.63) is 37.5 Å². The SMILES string of the molecule is C=C(C)C(=O)O.C=CCC(CCO)C(CO)(CO)CC=C. The molecule has 0 aromatic rings. The van der Waals surface area contributed by atoms with Gasteiger partial charge >= 0.3 is 5.97 Å². The number of aliphatic carboxylic acids is 1. The van der Waals surface area contributed by atoms with Crippen LogP contribution >= 0.6 is 0 Å². The molecule has 5 nitrogen and oxygen atoms in total. The van der Waals surface area contributed by atoms with Crippen LogP contribution in [0.15, 0.2) is 37.5 Å². The second-order valence-electron chi connectivity index (χ2n) is 4.99. The van der Waals surface area contributed by atoms with Crippen molar-refractivity contribution in [3.63, 3.8) is 0 Å². The summed E-state index contributed by atoms with van der Waals surface area (Å²) >= 11 is 0. The molecule has 0 fully saturated rings. The molecular weight excluding hydrogens is 272 g/mol. The molecule has 1 atom stereocenters. The Bertz CT molecular complexity index is 320. The number of carbonyl (C=O) groups is 1. The highest BCUT2D eigenvalue weighted by molar-refractivity contribution is 5.84. The minimum atomic E-state index is -0.935. The van der Waals surface area contributed by atoms with Crippen LogP contribution in [-0.2, 0) is 4.79 Å². The lowest BCUT2D eigenvalue weighted by Crippen LogP contribution is -2.38. The molecule has 1 unspecified atom stereocenters. The van der Waals surface area contributed by atoms with Gasteiger partial charge in [-0.1, -0.05) is 18.7 Å². The molecule has 0 bridgehead atoms. The van der Waals surface area contributed by atoms with Gasteiger partial charge in [0, 0.05) is 17.6 Å². The summed E-state index contributed by atoms with van der Waals surface area (Å²) in [6.07, 6.45) is 5.22. The molecule has 0 aliphatic rings. The first-order valence-corrected chi connectivity index (χ1v) is 6.78. The number of aliphatic hydroxyl groups excluding tert-OH is 3. The molecule has 0 saturated heterocycles. The van der Waals surface area contributed by atoms with Crippen molar-refractivity contribution in [2.75, 3.05) is 19.8 Å². The van der Waals surface area contributed by atoms with Crippen LogP contribution in [0.25, 0.3) is 0 Å². The van der Waals surface area contributed by atoms with Crippen LogP contribution in [0, 0.1) is 11.3 Å². The van der Waals surface area contributed by atoms with Crippen molar-refractivity contribution >= 4 is 5.97 Å². The van der Waals surface area contributed by atoms with Crippen molar-refractivity contribution in [2.45, 2.75) is 26.2 Å². The summed E-state index contributed by atoms with van der Waals surface area (Å²) < 4.78 is 0. The Morgan fingerprint density at radius 1 is 1.19 bits per heavy atom. The summed E-state index contributed by atoms with van der Waals surface area (Å²) in [5, 5.41) is 35.7. The minimum absolute atomic E-state index is 0.0352. The van der Waals surface area contributed by atoms with E-state index in [0.29, 0.717) is 19.3 Å². The molecule has 0 amide bonds. The summed E-state index contributed by atoms with van der Waals surface area (Å²) in [5.74, 6) is -0.900. The number of carboxylic acids is 1. The third-order valence-electron chi connectivity index (χ3n) is 3.34. The topological polar surface area (TPSA) is 98.0 Å². The first-order valence-electron chi connectivity index (χ1n) is 6.78. The number of hydrogen-bond acceptors (Lipinski definition) is 4. The molecule has 21 heavy (non-hydrogen) atoms. The van der Waals surface area contributed by atoms with E-state index >= 15 is 0 Å². The minimum Gasteiger partial charge on any atom is -0.478 e. The molecule has 0 spiro atoms. The fourth-order valence-corrected chi connectivity index (χ4v) is 1.92. The zero-order chi connectivity index (χ0) is 16.9. The number of hydrogen-bond donors (Lipinski definition) is 4. The third kappa shape index (κ3) is 8.45. The summed E-state index contributed by atoms with van der Waals surface area (Å²) in [4.78, 5) is 9.60. The average Bonchev–Trinajstić information content (AvgIpc) is 2.45. The van der Waals surface area contributed by atoms with Crippen molar-refractivity contribution in [2.24, 2.45) is 11.3 Å².